The Morgan fingerprint density at radius 2 is 2.36 bits per heavy atom. The van der Waals surface area contributed by atoms with Crippen molar-refractivity contribution in [1.82, 2.24) is 4.90 Å². The topological polar surface area (TPSA) is 29.5 Å². The standard InChI is InChI=1S/C8H13NO2/c1-2-9-7(10)3-4-8(9)5-11-6-8/h2-6H2,1H3. The third kappa shape index (κ3) is 0.805. The zero-order chi connectivity index (χ0) is 7.90. The van der Waals surface area contributed by atoms with E-state index in [4.69, 9.17) is 4.74 Å². The molecule has 0 atom stereocenters. The van der Waals surface area contributed by atoms with Gasteiger partial charge in [0.25, 0.3) is 0 Å². The highest BCUT2D eigenvalue weighted by molar-refractivity contribution is 5.80. The molecule has 2 fully saturated rings. The van der Waals surface area contributed by atoms with Gasteiger partial charge >= 0.3 is 0 Å². The molecule has 0 bridgehead atoms. The molecule has 0 saturated carbocycles. The van der Waals surface area contributed by atoms with Gasteiger partial charge in [-0.15, -0.1) is 0 Å². The third-order valence-electron chi connectivity index (χ3n) is 2.74. The van der Waals surface area contributed by atoms with E-state index in [1.165, 1.54) is 0 Å². The first kappa shape index (κ1) is 7.10. The minimum Gasteiger partial charge on any atom is -0.376 e. The Morgan fingerprint density at radius 1 is 1.64 bits per heavy atom. The zero-order valence-corrected chi connectivity index (χ0v) is 6.80. The van der Waals surface area contributed by atoms with Crippen molar-refractivity contribution in [2.24, 2.45) is 0 Å². The van der Waals surface area contributed by atoms with Gasteiger partial charge in [-0.25, -0.2) is 0 Å². The van der Waals surface area contributed by atoms with E-state index in [1.54, 1.807) is 0 Å². The van der Waals surface area contributed by atoms with E-state index < -0.39 is 0 Å². The molecule has 2 aliphatic rings. The molecule has 0 N–H and O–H groups in total. The monoisotopic (exact) mass is 155 g/mol. The molecule has 0 unspecified atom stereocenters. The molecule has 1 amide bonds. The number of likely N-dealkylation sites (tertiary alicyclic amines) is 1. The largest absolute Gasteiger partial charge is 0.376 e. The highest BCUT2D eigenvalue weighted by Gasteiger charge is 2.49. The molecular formula is C8H13NO2. The Hall–Kier alpha value is -0.570. The maximum atomic E-state index is 11.3. The second-order valence-corrected chi connectivity index (χ2v) is 3.36. The lowest BCUT2D eigenvalue weighted by Crippen LogP contribution is -2.59. The number of rotatable bonds is 1. The molecule has 3 heteroatoms. The fourth-order valence-electron chi connectivity index (χ4n) is 2.02. The van der Waals surface area contributed by atoms with Gasteiger partial charge in [0.1, 0.15) is 0 Å². The van der Waals surface area contributed by atoms with Gasteiger partial charge in [0.05, 0.1) is 18.8 Å². The van der Waals surface area contributed by atoms with E-state index in [0.29, 0.717) is 5.91 Å². The summed E-state index contributed by atoms with van der Waals surface area (Å²) in [6.45, 7) is 4.38. The van der Waals surface area contributed by atoms with Crippen molar-refractivity contribution in [3.8, 4) is 0 Å². The second-order valence-electron chi connectivity index (χ2n) is 3.36. The van der Waals surface area contributed by atoms with Crippen molar-refractivity contribution in [2.45, 2.75) is 25.3 Å². The van der Waals surface area contributed by atoms with Crippen molar-refractivity contribution in [3.05, 3.63) is 0 Å². The number of ether oxygens (including phenoxy) is 1. The lowest BCUT2D eigenvalue weighted by molar-refractivity contribution is -0.151. The van der Waals surface area contributed by atoms with Crippen LogP contribution in [-0.2, 0) is 9.53 Å². The van der Waals surface area contributed by atoms with Crippen molar-refractivity contribution < 1.29 is 9.53 Å². The average Bonchev–Trinajstić information content (AvgIpc) is 2.25. The van der Waals surface area contributed by atoms with Crippen LogP contribution in [-0.4, -0.2) is 36.1 Å². The molecule has 0 aromatic rings. The summed E-state index contributed by atoms with van der Waals surface area (Å²) in [5.41, 5.74) is 0.117. The van der Waals surface area contributed by atoms with E-state index in [1.807, 2.05) is 11.8 Å². The van der Waals surface area contributed by atoms with Gasteiger partial charge in [-0.05, 0) is 13.3 Å². The fraction of sp³-hybridized carbons (Fsp3) is 0.875. The Labute approximate surface area is 66.3 Å². The van der Waals surface area contributed by atoms with Crippen LogP contribution in [0.2, 0.25) is 0 Å². The fourth-order valence-corrected chi connectivity index (χ4v) is 2.02. The van der Waals surface area contributed by atoms with E-state index in [9.17, 15) is 4.79 Å². The maximum Gasteiger partial charge on any atom is 0.223 e. The Morgan fingerprint density at radius 3 is 2.73 bits per heavy atom. The lowest BCUT2D eigenvalue weighted by Gasteiger charge is -2.44. The minimum absolute atomic E-state index is 0.117. The van der Waals surface area contributed by atoms with Crippen molar-refractivity contribution in [2.75, 3.05) is 19.8 Å². The highest BCUT2D eigenvalue weighted by atomic mass is 16.5. The molecule has 2 rings (SSSR count). The molecule has 11 heavy (non-hydrogen) atoms. The zero-order valence-electron chi connectivity index (χ0n) is 6.80. The number of likely N-dealkylation sites (N-methyl/N-ethyl adjacent to an activating group) is 1. The van der Waals surface area contributed by atoms with Crippen LogP contribution in [0.3, 0.4) is 0 Å². The molecule has 3 nitrogen and oxygen atoms in total. The quantitative estimate of drug-likeness (QED) is 0.548. The first-order valence-corrected chi connectivity index (χ1v) is 4.17. The summed E-state index contributed by atoms with van der Waals surface area (Å²) in [6.07, 6.45) is 1.72. The summed E-state index contributed by atoms with van der Waals surface area (Å²) in [4.78, 5) is 13.3. The Kier molecular flexibility index (Phi) is 1.42. The highest BCUT2D eigenvalue weighted by Crippen LogP contribution is 2.35. The number of hydrogen-bond donors (Lipinski definition) is 0. The van der Waals surface area contributed by atoms with Gasteiger partial charge in [-0.1, -0.05) is 0 Å². The first-order chi connectivity index (χ1) is 5.28. The molecule has 62 valence electrons. The molecule has 0 aromatic heterocycles. The summed E-state index contributed by atoms with van der Waals surface area (Å²) in [5.74, 6) is 0.302. The molecule has 2 saturated heterocycles. The predicted octanol–water partition coefficient (Wildman–Crippen LogP) is 0.398. The summed E-state index contributed by atoms with van der Waals surface area (Å²) in [6, 6.07) is 0. The van der Waals surface area contributed by atoms with Crippen molar-refractivity contribution in [1.29, 1.82) is 0 Å². The molecule has 1 spiro atoms. The van der Waals surface area contributed by atoms with Gasteiger partial charge in [0, 0.05) is 13.0 Å². The molecular weight excluding hydrogens is 142 g/mol. The Bertz CT molecular complexity index is 187. The summed E-state index contributed by atoms with van der Waals surface area (Å²) in [7, 11) is 0. The van der Waals surface area contributed by atoms with Gasteiger partial charge < -0.3 is 9.64 Å². The summed E-state index contributed by atoms with van der Waals surface area (Å²) >= 11 is 0. The number of carbonyl (C=O) groups is 1. The van der Waals surface area contributed by atoms with Crippen LogP contribution in [0.25, 0.3) is 0 Å². The van der Waals surface area contributed by atoms with Gasteiger partial charge in [0.2, 0.25) is 5.91 Å². The maximum absolute atomic E-state index is 11.3. The number of carbonyl (C=O) groups excluding carboxylic acids is 1. The second kappa shape index (κ2) is 2.21. The Balaban J connectivity index is 2.16. The van der Waals surface area contributed by atoms with Crippen molar-refractivity contribution in [3.63, 3.8) is 0 Å². The van der Waals surface area contributed by atoms with E-state index in [2.05, 4.69) is 0 Å². The summed E-state index contributed by atoms with van der Waals surface area (Å²) in [5, 5.41) is 0. The SMILES string of the molecule is CCN1C(=O)CCC12COC2. The summed E-state index contributed by atoms with van der Waals surface area (Å²) < 4.78 is 5.15. The molecule has 2 aliphatic heterocycles. The van der Waals surface area contributed by atoms with E-state index in [0.717, 1.165) is 32.6 Å². The third-order valence-corrected chi connectivity index (χ3v) is 2.74. The molecule has 0 aliphatic carbocycles. The number of amides is 1. The average molecular weight is 155 g/mol. The van der Waals surface area contributed by atoms with Crippen LogP contribution in [0.5, 0.6) is 0 Å². The molecule has 2 heterocycles. The van der Waals surface area contributed by atoms with Crippen LogP contribution in [0, 0.1) is 0 Å². The molecule has 0 radical (unpaired) electrons. The van der Waals surface area contributed by atoms with Gasteiger partial charge in [-0.2, -0.15) is 0 Å². The van der Waals surface area contributed by atoms with Crippen molar-refractivity contribution >= 4 is 5.91 Å². The predicted molar refractivity (Wildman–Crippen MR) is 40.2 cm³/mol. The number of hydrogen-bond acceptors (Lipinski definition) is 2. The van der Waals surface area contributed by atoms with Gasteiger partial charge in [0.15, 0.2) is 0 Å². The van der Waals surface area contributed by atoms with Crippen LogP contribution in [0.4, 0.5) is 0 Å². The normalized spacial score (nSPS) is 27.7. The van der Waals surface area contributed by atoms with E-state index >= 15 is 0 Å². The van der Waals surface area contributed by atoms with Crippen LogP contribution >= 0.6 is 0 Å². The van der Waals surface area contributed by atoms with Crippen LogP contribution in [0.1, 0.15) is 19.8 Å². The van der Waals surface area contributed by atoms with Crippen LogP contribution in [0.15, 0.2) is 0 Å². The lowest BCUT2D eigenvalue weighted by atomic mass is 9.94. The smallest absolute Gasteiger partial charge is 0.223 e. The minimum atomic E-state index is 0.117. The molecule has 0 aromatic carbocycles. The van der Waals surface area contributed by atoms with Gasteiger partial charge in [-0.3, -0.25) is 4.79 Å². The number of nitrogens with zero attached hydrogens (tertiary/aromatic N) is 1. The van der Waals surface area contributed by atoms with Crippen LogP contribution < -0.4 is 0 Å². The van der Waals surface area contributed by atoms with E-state index in [-0.39, 0.29) is 5.54 Å². The first-order valence-electron chi connectivity index (χ1n) is 4.17.